The summed E-state index contributed by atoms with van der Waals surface area (Å²) in [5.74, 6) is -2.06. The maximum atomic E-state index is 13.2. The molecule has 0 aromatic rings. The van der Waals surface area contributed by atoms with Gasteiger partial charge in [-0.05, 0) is 45.1 Å². The zero-order valence-electron chi connectivity index (χ0n) is 20.0. The van der Waals surface area contributed by atoms with Gasteiger partial charge in [0.05, 0.1) is 24.7 Å². The molecule has 3 aliphatic heterocycles. The Morgan fingerprint density at radius 1 is 1.00 bits per heavy atom. The van der Waals surface area contributed by atoms with Crippen LogP contribution in [0.5, 0.6) is 0 Å². The Morgan fingerprint density at radius 3 is 2.21 bits per heavy atom. The van der Waals surface area contributed by atoms with E-state index in [1.54, 1.807) is 6.92 Å². The van der Waals surface area contributed by atoms with Crippen molar-refractivity contribution in [2.75, 3.05) is 6.61 Å². The van der Waals surface area contributed by atoms with Crippen LogP contribution in [0.15, 0.2) is 24.5 Å². The van der Waals surface area contributed by atoms with Crippen LogP contribution < -0.4 is 0 Å². The molecule has 0 aromatic carbocycles. The minimum absolute atomic E-state index is 0.274. The number of aliphatic hydroxyl groups is 1. The fourth-order valence-corrected chi connectivity index (χ4v) is 6.56. The first-order chi connectivity index (χ1) is 15.7. The summed E-state index contributed by atoms with van der Waals surface area (Å²) in [5, 5.41) is 11.9. The van der Waals surface area contributed by atoms with Gasteiger partial charge in [0, 0.05) is 25.7 Å². The summed E-state index contributed by atoms with van der Waals surface area (Å²) < 4.78 is 32.0. The molecule has 0 bridgehead atoms. The predicted octanol–water partition coefficient (Wildman–Crippen LogP) is 3.93. The lowest BCUT2D eigenvalue weighted by atomic mass is 9.78. The lowest BCUT2D eigenvalue weighted by Crippen LogP contribution is -2.56. The van der Waals surface area contributed by atoms with Crippen LogP contribution in [0.1, 0.15) is 78.1 Å². The number of ether oxygens (including phenoxy) is 5. The molecule has 184 valence electrons. The van der Waals surface area contributed by atoms with Gasteiger partial charge in [-0.2, -0.15) is 0 Å². The molecule has 2 aliphatic carbocycles. The van der Waals surface area contributed by atoms with Gasteiger partial charge in [0.2, 0.25) is 0 Å². The fourth-order valence-electron chi connectivity index (χ4n) is 6.56. The molecule has 3 heterocycles. The van der Waals surface area contributed by atoms with Crippen molar-refractivity contribution >= 4 is 5.78 Å². The number of Topliss-reactive ketones (excluding diaryl/α,β-unsaturated/α-hetero) is 1. The average molecular weight is 463 g/mol. The monoisotopic (exact) mass is 462 g/mol. The third-order valence-corrected chi connectivity index (χ3v) is 8.35. The van der Waals surface area contributed by atoms with Gasteiger partial charge < -0.3 is 28.8 Å². The van der Waals surface area contributed by atoms with E-state index in [0.29, 0.717) is 17.9 Å². The number of rotatable bonds is 3. The average Bonchev–Trinajstić information content (AvgIpc) is 3.30. The second-order valence-corrected chi connectivity index (χ2v) is 10.9. The summed E-state index contributed by atoms with van der Waals surface area (Å²) >= 11 is 0. The maximum Gasteiger partial charge on any atom is 0.198 e. The first-order valence-corrected chi connectivity index (χ1v) is 12.6. The van der Waals surface area contributed by atoms with Crippen LogP contribution in [0.2, 0.25) is 0 Å². The number of fused-ring (bicyclic) bond motifs is 1. The van der Waals surface area contributed by atoms with Crippen molar-refractivity contribution in [2.24, 2.45) is 5.92 Å². The number of hydrogen-bond acceptors (Lipinski definition) is 7. The highest BCUT2D eigenvalue weighted by molar-refractivity contribution is 5.98. The summed E-state index contributed by atoms with van der Waals surface area (Å²) in [5.41, 5.74) is -0.756. The molecule has 6 atom stereocenters. The molecule has 5 rings (SSSR count). The third kappa shape index (κ3) is 3.90. The Hall–Kier alpha value is -1.25. The molecule has 5 fully saturated rings. The molecule has 2 spiro atoms. The standard InChI is InChI=1S/C26H38O7/c1-16(2)20(27)21-19(18-15-29-25(31-18)11-7-5-8-12-25)22(28)24(4)23(17(3)30-21)32-26(33-24)13-9-6-10-14-26/h18-19,21-23,28H,1,3,5-15H2,2,4H3/t18?,19-,21?,22+,23-,24-/m1/s1. The van der Waals surface area contributed by atoms with Gasteiger partial charge in [0.15, 0.2) is 23.5 Å². The van der Waals surface area contributed by atoms with Crippen molar-refractivity contribution in [3.63, 3.8) is 0 Å². The van der Waals surface area contributed by atoms with Crippen molar-refractivity contribution in [2.45, 2.75) is 120 Å². The zero-order valence-corrected chi connectivity index (χ0v) is 20.0. The summed E-state index contributed by atoms with van der Waals surface area (Å²) in [6, 6.07) is 0. The molecular formula is C26H38O7. The Labute approximate surface area is 196 Å². The molecule has 0 radical (unpaired) electrons. The van der Waals surface area contributed by atoms with Crippen LogP contribution in [0.25, 0.3) is 0 Å². The van der Waals surface area contributed by atoms with Crippen LogP contribution >= 0.6 is 0 Å². The topological polar surface area (TPSA) is 83.5 Å². The number of ketones is 1. The highest BCUT2D eigenvalue weighted by atomic mass is 16.8. The smallest absolute Gasteiger partial charge is 0.198 e. The van der Waals surface area contributed by atoms with Gasteiger partial charge in [-0.15, -0.1) is 0 Å². The largest absolute Gasteiger partial charge is 0.484 e. The van der Waals surface area contributed by atoms with E-state index in [0.717, 1.165) is 64.2 Å². The molecule has 0 amide bonds. The molecule has 0 aromatic heterocycles. The molecule has 5 aliphatic rings. The summed E-state index contributed by atoms with van der Waals surface area (Å²) in [4.78, 5) is 13.2. The van der Waals surface area contributed by atoms with E-state index in [1.807, 2.05) is 6.92 Å². The van der Waals surface area contributed by atoms with Crippen LogP contribution in [0.3, 0.4) is 0 Å². The molecule has 7 nitrogen and oxygen atoms in total. The number of hydrogen-bond donors (Lipinski definition) is 1. The second-order valence-electron chi connectivity index (χ2n) is 10.9. The maximum absolute atomic E-state index is 13.2. The number of carbonyl (C=O) groups excluding carboxylic acids is 1. The Bertz CT molecular complexity index is 809. The Morgan fingerprint density at radius 2 is 1.61 bits per heavy atom. The summed E-state index contributed by atoms with van der Waals surface area (Å²) in [6.45, 7) is 11.8. The molecule has 1 N–H and O–H groups in total. The predicted molar refractivity (Wildman–Crippen MR) is 120 cm³/mol. The molecule has 2 saturated carbocycles. The lowest BCUT2D eigenvalue weighted by Gasteiger charge is -2.40. The van der Waals surface area contributed by atoms with Crippen LogP contribution in [0.4, 0.5) is 0 Å². The first-order valence-electron chi connectivity index (χ1n) is 12.6. The summed E-state index contributed by atoms with van der Waals surface area (Å²) in [6.07, 6.45) is 6.32. The van der Waals surface area contributed by atoms with Gasteiger partial charge >= 0.3 is 0 Å². The third-order valence-electron chi connectivity index (χ3n) is 8.35. The van der Waals surface area contributed by atoms with Crippen molar-refractivity contribution in [1.82, 2.24) is 0 Å². The summed E-state index contributed by atoms with van der Waals surface area (Å²) in [7, 11) is 0. The second kappa shape index (κ2) is 8.45. The van der Waals surface area contributed by atoms with E-state index in [-0.39, 0.29) is 5.78 Å². The van der Waals surface area contributed by atoms with Crippen molar-refractivity contribution < 1.29 is 33.6 Å². The molecule has 7 heteroatoms. The van der Waals surface area contributed by atoms with Crippen LogP contribution in [-0.4, -0.2) is 59.1 Å². The van der Waals surface area contributed by atoms with Crippen molar-refractivity contribution in [3.05, 3.63) is 24.5 Å². The SMILES string of the molecule is C=C(C)C(=O)C1OC(=C)[C@H]2OC3(CCCCC3)O[C@]2(C)[C@@H](O)[C@@H]1C1COC2(CCCCC2)O1. The van der Waals surface area contributed by atoms with E-state index in [2.05, 4.69) is 13.2 Å². The zero-order chi connectivity index (χ0) is 23.4. The number of aliphatic hydroxyl groups excluding tert-OH is 1. The van der Waals surface area contributed by atoms with Crippen molar-refractivity contribution in [1.29, 1.82) is 0 Å². The van der Waals surface area contributed by atoms with Crippen LogP contribution in [-0.2, 0) is 28.5 Å². The molecule has 33 heavy (non-hydrogen) atoms. The normalized spacial score (nSPS) is 42.0. The van der Waals surface area contributed by atoms with Gasteiger partial charge in [-0.3, -0.25) is 4.79 Å². The van der Waals surface area contributed by atoms with E-state index in [9.17, 15) is 9.90 Å². The quantitative estimate of drug-likeness (QED) is 0.636. The van der Waals surface area contributed by atoms with Gasteiger partial charge in [0.25, 0.3) is 0 Å². The molecule has 2 unspecified atom stereocenters. The molecule has 3 saturated heterocycles. The van der Waals surface area contributed by atoms with E-state index in [4.69, 9.17) is 23.7 Å². The first kappa shape index (κ1) is 23.5. The van der Waals surface area contributed by atoms with Crippen LogP contribution in [0, 0.1) is 5.92 Å². The minimum Gasteiger partial charge on any atom is -0.484 e. The lowest BCUT2D eigenvalue weighted by molar-refractivity contribution is -0.237. The van der Waals surface area contributed by atoms with E-state index >= 15 is 0 Å². The highest BCUT2D eigenvalue weighted by Crippen LogP contribution is 2.53. The van der Waals surface area contributed by atoms with E-state index in [1.165, 1.54) is 0 Å². The highest BCUT2D eigenvalue weighted by Gasteiger charge is 2.65. The Kier molecular flexibility index (Phi) is 6.02. The number of carbonyl (C=O) groups is 1. The van der Waals surface area contributed by atoms with Crippen molar-refractivity contribution in [3.8, 4) is 0 Å². The fraction of sp³-hybridized carbons (Fsp3) is 0.808. The van der Waals surface area contributed by atoms with Gasteiger partial charge in [-0.25, -0.2) is 0 Å². The van der Waals surface area contributed by atoms with Gasteiger partial charge in [0.1, 0.15) is 17.5 Å². The minimum atomic E-state index is -1.12. The molecular weight excluding hydrogens is 424 g/mol. The Balaban J connectivity index is 1.49. The van der Waals surface area contributed by atoms with Gasteiger partial charge in [-0.1, -0.05) is 26.0 Å². The van der Waals surface area contributed by atoms with E-state index < -0.39 is 47.5 Å².